The van der Waals surface area contributed by atoms with Crippen LogP contribution in [0.4, 0.5) is 10.1 Å². The van der Waals surface area contributed by atoms with Crippen molar-refractivity contribution in [1.82, 2.24) is 0 Å². The molecule has 3 N–H and O–H groups in total. The molecule has 1 atom stereocenters. The second-order valence-electron chi connectivity index (χ2n) is 5.98. The lowest BCUT2D eigenvalue weighted by atomic mass is 9.91. The number of aryl methyl sites for hydroxylation is 1. The zero-order valence-corrected chi connectivity index (χ0v) is 15.8. The maximum atomic E-state index is 14.6. The number of nitrogens with zero attached hydrogens (tertiary/aromatic N) is 1. The Balaban J connectivity index is 1.90. The number of aliphatic imine (C=N–C) groups is 1. The first kappa shape index (κ1) is 17.9. The molecular formula is C18H20FN3OS2. The first-order chi connectivity index (χ1) is 11.9. The predicted octanol–water partition coefficient (Wildman–Crippen LogP) is 4.50. The molecule has 0 fully saturated rings. The lowest BCUT2D eigenvalue weighted by molar-refractivity contribution is 0.103. The fourth-order valence-electron chi connectivity index (χ4n) is 2.96. The van der Waals surface area contributed by atoms with E-state index in [-0.39, 0.29) is 11.7 Å². The number of benzene rings is 1. The lowest BCUT2D eigenvalue weighted by Crippen LogP contribution is -2.31. The van der Waals surface area contributed by atoms with Gasteiger partial charge in [-0.15, -0.1) is 11.3 Å². The summed E-state index contributed by atoms with van der Waals surface area (Å²) in [5, 5.41) is 3.35. The summed E-state index contributed by atoms with van der Waals surface area (Å²) in [5.74, 6) is -0.465. The van der Waals surface area contributed by atoms with Crippen molar-refractivity contribution in [2.24, 2.45) is 10.7 Å². The van der Waals surface area contributed by atoms with Gasteiger partial charge < -0.3 is 11.1 Å². The Kier molecular flexibility index (Phi) is 5.15. The first-order valence-corrected chi connectivity index (χ1v) is 9.73. The van der Waals surface area contributed by atoms with Crippen molar-refractivity contribution >= 4 is 39.9 Å². The van der Waals surface area contributed by atoms with Gasteiger partial charge in [-0.2, -0.15) is 0 Å². The topological polar surface area (TPSA) is 67.5 Å². The molecule has 0 saturated carbocycles. The summed E-state index contributed by atoms with van der Waals surface area (Å²) in [6.07, 6.45) is 1.44. The van der Waals surface area contributed by atoms with Crippen LogP contribution in [0.5, 0.6) is 0 Å². The summed E-state index contributed by atoms with van der Waals surface area (Å²) < 4.78 is 14.1. The average Bonchev–Trinajstić information content (AvgIpc) is 3.03. The molecule has 2 aromatic rings. The van der Waals surface area contributed by atoms with E-state index in [1.54, 1.807) is 18.2 Å². The van der Waals surface area contributed by atoms with Gasteiger partial charge in [0, 0.05) is 22.7 Å². The van der Waals surface area contributed by atoms with Crippen molar-refractivity contribution in [2.75, 3.05) is 11.9 Å². The van der Waals surface area contributed by atoms with E-state index in [9.17, 15) is 9.18 Å². The van der Waals surface area contributed by atoms with Crippen molar-refractivity contribution < 1.29 is 9.18 Å². The Morgan fingerprint density at radius 2 is 2.20 bits per heavy atom. The number of nitrogens with one attached hydrogen (secondary N) is 1. The van der Waals surface area contributed by atoms with E-state index in [0.29, 0.717) is 34.3 Å². The van der Waals surface area contributed by atoms with E-state index in [4.69, 9.17) is 5.73 Å². The molecule has 1 aromatic carbocycles. The number of nitrogens with two attached hydrogens (primary N) is 1. The van der Waals surface area contributed by atoms with Crippen LogP contribution in [-0.2, 0) is 4.75 Å². The molecule has 0 unspecified atom stereocenters. The van der Waals surface area contributed by atoms with Gasteiger partial charge in [-0.25, -0.2) is 4.39 Å². The van der Waals surface area contributed by atoms with Gasteiger partial charge in [0.25, 0.3) is 5.91 Å². The minimum atomic E-state index is -0.448. The molecule has 132 valence electrons. The molecule has 0 bridgehead atoms. The van der Waals surface area contributed by atoms with Crippen LogP contribution in [0.25, 0.3) is 0 Å². The molecule has 0 radical (unpaired) electrons. The quantitative estimate of drug-likeness (QED) is 0.824. The van der Waals surface area contributed by atoms with Crippen molar-refractivity contribution in [2.45, 2.75) is 31.4 Å². The molecular weight excluding hydrogens is 357 g/mol. The molecule has 2 heterocycles. The number of anilines is 1. The van der Waals surface area contributed by atoms with Crippen LogP contribution in [0.3, 0.4) is 0 Å². The number of amides is 1. The number of amidine groups is 1. The maximum absolute atomic E-state index is 14.6. The first-order valence-electron chi connectivity index (χ1n) is 8.10. The van der Waals surface area contributed by atoms with Gasteiger partial charge in [0.05, 0.1) is 9.62 Å². The lowest BCUT2D eigenvalue weighted by Gasteiger charge is -2.35. The largest absolute Gasteiger partial charge is 0.379 e. The Morgan fingerprint density at radius 1 is 1.40 bits per heavy atom. The number of carbonyl (C=O) groups excluding carboxylic acids is 1. The fraction of sp³-hybridized carbons (Fsp3) is 0.333. The Hall–Kier alpha value is -1.86. The van der Waals surface area contributed by atoms with Crippen LogP contribution in [0.2, 0.25) is 0 Å². The molecule has 3 rings (SSSR count). The van der Waals surface area contributed by atoms with Crippen LogP contribution < -0.4 is 11.1 Å². The highest BCUT2D eigenvalue weighted by atomic mass is 32.2. The van der Waals surface area contributed by atoms with Crippen LogP contribution in [0, 0.1) is 12.7 Å². The molecule has 1 aromatic heterocycles. The van der Waals surface area contributed by atoms with Gasteiger partial charge in [0.1, 0.15) is 5.82 Å². The molecule has 25 heavy (non-hydrogen) atoms. The predicted molar refractivity (Wildman–Crippen MR) is 104 cm³/mol. The van der Waals surface area contributed by atoms with Gasteiger partial charge in [-0.1, -0.05) is 18.7 Å². The zero-order valence-electron chi connectivity index (χ0n) is 14.1. The summed E-state index contributed by atoms with van der Waals surface area (Å²) >= 11 is 2.84. The number of carbonyl (C=O) groups is 1. The minimum absolute atomic E-state index is 0.182. The number of hydrogen-bond acceptors (Lipinski definition) is 5. The number of thiophene rings is 1. The van der Waals surface area contributed by atoms with Crippen LogP contribution >= 0.6 is 23.1 Å². The number of rotatable bonds is 4. The van der Waals surface area contributed by atoms with E-state index in [1.165, 1.54) is 29.2 Å². The number of hydrogen-bond donors (Lipinski definition) is 2. The third kappa shape index (κ3) is 3.72. The highest BCUT2D eigenvalue weighted by molar-refractivity contribution is 8.14. The van der Waals surface area contributed by atoms with E-state index in [0.717, 1.165) is 11.3 Å². The molecule has 0 saturated heterocycles. The summed E-state index contributed by atoms with van der Waals surface area (Å²) in [7, 11) is 0. The summed E-state index contributed by atoms with van der Waals surface area (Å²) in [5.41, 5.74) is 7.05. The van der Waals surface area contributed by atoms with Crippen LogP contribution in [-0.4, -0.2) is 17.6 Å². The Morgan fingerprint density at radius 3 is 2.84 bits per heavy atom. The Labute approximate surface area is 154 Å². The highest BCUT2D eigenvalue weighted by Gasteiger charge is 2.37. The zero-order chi connectivity index (χ0) is 18.0. The SMILES string of the molecule is CC[C@@]1(c2cc(NC(=O)c3ccc(C)s3)ccc2F)CCN=C(N)S1. The molecule has 4 nitrogen and oxygen atoms in total. The average molecular weight is 378 g/mol. The monoisotopic (exact) mass is 377 g/mol. The van der Waals surface area contributed by atoms with Gasteiger partial charge in [0.2, 0.25) is 0 Å². The van der Waals surface area contributed by atoms with Crippen LogP contribution in [0.1, 0.15) is 39.9 Å². The molecule has 1 amide bonds. The van der Waals surface area contributed by atoms with Crippen molar-refractivity contribution in [3.05, 3.63) is 51.5 Å². The second-order valence-corrected chi connectivity index (χ2v) is 8.67. The normalized spacial score (nSPS) is 20.2. The van der Waals surface area contributed by atoms with E-state index < -0.39 is 4.75 Å². The number of halogens is 1. The molecule has 0 spiro atoms. The smallest absolute Gasteiger partial charge is 0.265 e. The fourth-order valence-corrected chi connectivity index (χ4v) is 4.88. The minimum Gasteiger partial charge on any atom is -0.379 e. The van der Waals surface area contributed by atoms with E-state index in [2.05, 4.69) is 10.3 Å². The summed E-state index contributed by atoms with van der Waals surface area (Å²) in [4.78, 5) is 18.3. The van der Waals surface area contributed by atoms with Crippen molar-refractivity contribution in [1.29, 1.82) is 0 Å². The Bertz CT molecular complexity index is 833. The maximum Gasteiger partial charge on any atom is 0.265 e. The van der Waals surface area contributed by atoms with Crippen molar-refractivity contribution in [3.8, 4) is 0 Å². The molecule has 7 heteroatoms. The standard InChI is InChI=1S/C18H20FN3OS2/c1-3-18(8-9-21-17(20)25-18)13-10-12(5-6-14(13)19)22-16(23)15-7-4-11(2)24-15/h4-7,10H,3,8-9H2,1-2H3,(H2,20,21)(H,22,23)/t18-/m0/s1. The van der Waals surface area contributed by atoms with E-state index >= 15 is 0 Å². The summed E-state index contributed by atoms with van der Waals surface area (Å²) in [6, 6.07) is 8.42. The van der Waals surface area contributed by atoms with E-state index in [1.807, 2.05) is 19.9 Å². The second kappa shape index (κ2) is 7.17. The molecule has 0 aliphatic carbocycles. The van der Waals surface area contributed by atoms with Gasteiger partial charge in [-0.05, 0) is 50.1 Å². The van der Waals surface area contributed by atoms with Crippen molar-refractivity contribution in [3.63, 3.8) is 0 Å². The number of thioether (sulfide) groups is 1. The third-order valence-corrected chi connectivity index (χ3v) is 6.77. The highest BCUT2D eigenvalue weighted by Crippen LogP contribution is 2.46. The van der Waals surface area contributed by atoms with Gasteiger partial charge in [-0.3, -0.25) is 9.79 Å². The van der Waals surface area contributed by atoms with Crippen LogP contribution in [0.15, 0.2) is 35.3 Å². The van der Waals surface area contributed by atoms with Gasteiger partial charge >= 0.3 is 0 Å². The third-order valence-electron chi connectivity index (χ3n) is 4.33. The van der Waals surface area contributed by atoms with Gasteiger partial charge in [0.15, 0.2) is 5.17 Å². The molecule has 1 aliphatic heterocycles. The molecule has 1 aliphatic rings. The summed E-state index contributed by atoms with van der Waals surface area (Å²) in [6.45, 7) is 4.55.